The van der Waals surface area contributed by atoms with Crippen LogP contribution in [0.2, 0.25) is 10.0 Å². The maximum absolute atomic E-state index is 5.97. The summed E-state index contributed by atoms with van der Waals surface area (Å²) < 4.78 is 0. The Kier molecular flexibility index (Phi) is 3.68. The highest BCUT2D eigenvalue weighted by atomic mass is 35.5. The second kappa shape index (κ2) is 4.90. The smallest absolute Gasteiger partial charge is 0.124 e. The quantitative estimate of drug-likeness (QED) is 0.850. The first-order valence-electron chi connectivity index (χ1n) is 4.71. The van der Waals surface area contributed by atoms with Gasteiger partial charge < -0.3 is 5.73 Å². The summed E-state index contributed by atoms with van der Waals surface area (Å²) in [5, 5.41) is 1.87. The Balaban J connectivity index is 2.50. The number of aromatic nitrogens is 1. The molecule has 0 saturated carbocycles. The van der Waals surface area contributed by atoms with Crippen molar-refractivity contribution in [3.05, 3.63) is 38.8 Å². The van der Waals surface area contributed by atoms with E-state index in [1.54, 1.807) is 12.1 Å². The van der Waals surface area contributed by atoms with Crippen molar-refractivity contribution in [3.8, 4) is 10.6 Å². The van der Waals surface area contributed by atoms with E-state index in [1.807, 2.05) is 13.0 Å². The number of halogens is 2. The fourth-order valence-electron chi connectivity index (χ4n) is 1.38. The van der Waals surface area contributed by atoms with Crippen molar-refractivity contribution in [2.24, 2.45) is 5.73 Å². The van der Waals surface area contributed by atoms with Crippen molar-refractivity contribution < 1.29 is 0 Å². The molecule has 88 valence electrons. The minimum absolute atomic E-state index is 0.367. The van der Waals surface area contributed by atoms with Gasteiger partial charge in [-0.25, -0.2) is 4.98 Å². The first-order chi connectivity index (χ1) is 7.99. The van der Waals surface area contributed by atoms with Crippen LogP contribution in [0.4, 0.5) is 0 Å². The molecule has 2 aromatic rings. The van der Waals surface area contributed by atoms with E-state index in [9.17, 15) is 0 Å². The number of hydrogen-bond acceptors (Lipinski definition) is 3. The van der Waals surface area contributed by atoms with Crippen molar-refractivity contribution >= 4 is 51.7 Å². The highest BCUT2D eigenvalue weighted by Gasteiger charge is 2.12. The van der Waals surface area contributed by atoms with Crippen LogP contribution in [0.5, 0.6) is 0 Å². The number of hydrogen-bond donors (Lipinski definition) is 1. The van der Waals surface area contributed by atoms with E-state index in [0.29, 0.717) is 15.0 Å². The van der Waals surface area contributed by atoms with E-state index in [2.05, 4.69) is 4.98 Å². The summed E-state index contributed by atoms with van der Waals surface area (Å²) in [6.07, 6.45) is 0. The largest absolute Gasteiger partial charge is 0.389 e. The van der Waals surface area contributed by atoms with Gasteiger partial charge in [0, 0.05) is 5.56 Å². The zero-order valence-corrected chi connectivity index (χ0v) is 12.0. The molecule has 17 heavy (non-hydrogen) atoms. The lowest BCUT2D eigenvalue weighted by atomic mass is 10.2. The molecule has 2 rings (SSSR count). The van der Waals surface area contributed by atoms with Gasteiger partial charge in [0.2, 0.25) is 0 Å². The lowest BCUT2D eigenvalue weighted by molar-refractivity contribution is 1.26. The van der Waals surface area contributed by atoms with Crippen LogP contribution < -0.4 is 5.73 Å². The summed E-state index contributed by atoms with van der Waals surface area (Å²) in [6.45, 7) is 1.88. The van der Waals surface area contributed by atoms with Gasteiger partial charge in [0.25, 0.3) is 0 Å². The maximum atomic E-state index is 5.97. The SMILES string of the molecule is Cc1nc(-c2ccc(Cl)c(Cl)c2)sc1C(N)=S. The standard InChI is InChI=1S/C11H8Cl2N2S2/c1-5-9(10(14)16)17-11(15-5)6-2-3-7(12)8(13)4-6/h2-4H,1H3,(H2,14,16). The number of nitrogens with zero attached hydrogens (tertiary/aromatic N) is 1. The second-order valence-corrected chi connectivity index (χ2v) is 5.68. The fourth-order valence-corrected chi connectivity index (χ4v) is 2.86. The average molecular weight is 303 g/mol. The number of thiocarbonyl (C=S) groups is 1. The van der Waals surface area contributed by atoms with Gasteiger partial charge in [0.05, 0.1) is 20.6 Å². The molecular formula is C11H8Cl2N2S2. The van der Waals surface area contributed by atoms with Crippen LogP contribution in [0.3, 0.4) is 0 Å². The number of nitrogens with two attached hydrogens (primary N) is 1. The van der Waals surface area contributed by atoms with Gasteiger partial charge in [-0.15, -0.1) is 11.3 Å². The van der Waals surface area contributed by atoms with E-state index in [1.165, 1.54) is 11.3 Å². The first kappa shape index (κ1) is 12.8. The summed E-state index contributed by atoms with van der Waals surface area (Å²) >= 11 is 18.2. The molecular weight excluding hydrogens is 295 g/mol. The molecule has 0 bridgehead atoms. The summed E-state index contributed by atoms with van der Waals surface area (Å²) in [5.74, 6) is 0. The second-order valence-electron chi connectivity index (χ2n) is 3.43. The predicted octanol–water partition coefficient (Wildman–Crippen LogP) is 4.06. The van der Waals surface area contributed by atoms with Crippen molar-refractivity contribution in [2.75, 3.05) is 0 Å². The first-order valence-corrected chi connectivity index (χ1v) is 6.69. The topological polar surface area (TPSA) is 38.9 Å². The summed E-state index contributed by atoms with van der Waals surface area (Å²) in [4.78, 5) is 5.62. The molecule has 1 heterocycles. The Morgan fingerprint density at radius 2 is 2.06 bits per heavy atom. The molecule has 1 aromatic carbocycles. The van der Waals surface area contributed by atoms with Gasteiger partial charge in [-0.3, -0.25) is 0 Å². The van der Waals surface area contributed by atoms with Gasteiger partial charge in [-0.1, -0.05) is 41.5 Å². The van der Waals surface area contributed by atoms with E-state index in [-0.39, 0.29) is 0 Å². The number of aryl methyl sites for hydroxylation is 1. The summed E-state index contributed by atoms with van der Waals surface area (Å²) in [5.41, 5.74) is 7.36. The molecule has 0 aliphatic carbocycles. The lowest BCUT2D eigenvalue weighted by Gasteiger charge is -1.98. The third-order valence-corrected chi connectivity index (χ3v) is 4.50. The van der Waals surface area contributed by atoms with Crippen LogP contribution >= 0.6 is 46.8 Å². The predicted molar refractivity (Wildman–Crippen MR) is 78.2 cm³/mol. The van der Waals surface area contributed by atoms with E-state index in [4.69, 9.17) is 41.2 Å². The van der Waals surface area contributed by atoms with Crippen molar-refractivity contribution in [3.63, 3.8) is 0 Å². The Bertz CT molecular complexity index is 593. The van der Waals surface area contributed by atoms with Crippen molar-refractivity contribution in [2.45, 2.75) is 6.92 Å². The molecule has 0 spiro atoms. The summed E-state index contributed by atoms with van der Waals surface area (Å²) in [7, 11) is 0. The molecule has 6 heteroatoms. The van der Waals surface area contributed by atoms with Crippen LogP contribution in [0.15, 0.2) is 18.2 Å². The zero-order valence-electron chi connectivity index (χ0n) is 8.83. The lowest BCUT2D eigenvalue weighted by Crippen LogP contribution is -2.08. The molecule has 0 amide bonds. The van der Waals surface area contributed by atoms with Gasteiger partial charge in [0.1, 0.15) is 10.00 Å². The number of thiazole rings is 1. The molecule has 0 atom stereocenters. The van der Waals surface area contributed by atoms with Crippen LogP contribution in [-0.2, 0) is 0 Å². The number of benzene rings is 1. The Morgan fingerprint density at radius 1 is 1.35 bits per heavy atom. The molecule has 0 aliphatic rings. The van der Waals surface area contributed by atoms with Crippen LogP contribution in [-0.4, -0.2) is 9.97 Å². The van der Waals surface area contributed by atoms with E-state index in [0.717, 1.165) is 21.1 Å². The van der Waals surface area contributed by atoms with E-state index >= 15 is 0 Å². The highest BCUT2D eigenvalue weighted by Crippen LogP contribution is 2.32. The van der Waals surface area contributed by atoms with Crippen molar-refractivity contribution in [1.82, 2.24) is 4.98 Å². The molecule has 2 N–H and O–H groups in total. The Hall–Kier alpha value is -0.680. The molecule has 2 nitrogen and oxygen atoms in total. The Morgan fingerprint density at radius 3 is 2.59 bits per heavy atom. The molecule has 0 saturated heterocycles. The molecule has 0 fully saturated rings. The van der Waals surface area contributed by atoms with Gasteiger partial charge >= 0.3 is 0 Å². The van der Waals surface area contributed by atoms with Crippen LogP contribution in [0, 0.1) is 6.92 Å². The van der Waals surface area contributed by atoms with Crippen molar-refractivity contribution in [1.29, 1.82) is 0 Å². The Labute approximate surface area is 118 Å². The van der Waals surface area contributed by atoms with Gasteiger partial charge in [-0.2, -0.15) is 0 Å². The van der Waals surface area contributed by atoms with Gasteiger partial charge in [-0.05, 0) is 19.1 Å². The normalized spacial score (nSPS) is 10.5. The van der Waals surface area contributed by atoms with Gasteiger partial charge in [0.15, 0.2) is 0 Å². The van der Waals surface area contributed by atoms with Crippen LogP contribution in [0.1, 0.15) is 10.6 Å². The molecule has 0 aliphatic heterocycles. The fraction of sp³-hybridized carbons (Fsp3) is 0.0909. The third kappa shape index (κ3) is 2.60. The summed E-state index contributed by atoms with van der Waals surface area (Å²) in [6, 6.07) is 5.40. The monoisotopic (exact) mass is 302 g/mol. The molecule has 1 aromatic heterocycles. The minimum atomic E-state index is 0.367. The van der Waals surface area contributed by atoms with Crippen LogP contribution in [0.25, 0.3) is 10.6 Å². The molecule has 0 unspecified atom stereocenters. The van der Waals surface area contributed by atoms with E-state index < -0.39 is 0 Å². The minimum Gasteiger partial charge on any atom is -0.389 e. The zero-order chi connectivity index (χ0) is 12.6. The molecule has 0 radical (unpaired) electrons. The average Bonchev–Trinajstić information content (AvgIpc) is 2.64. The third-order valence-electron chi connectivity index (χ3n) is 2.19. The maximum Gasteiger partial charge on any atom is 0.124 e. The highest BCUT2D eigenvalue weighted by molar-refractivity contribution is 7.81. The number of rotatable bonds is 2.